The molecule has 0 aliphatic carbocycles. The normalized spacial score (nSPS) is 17.9. The standard InChI is InChI=1S/C15H24N2O/c1-13-5-4-6-14(2)15(13)18-12-11-17-9-7-16(3)8-10-17/h4-6H,7-12H2,1-3H3. The topological polar surface area (TPSA) is 15.7 Å². The largest absolute Gasteiger partial charge is 0.492 e. The number of nitrogens with zero attached hydrogens (tertiary/aromatic N) is 2. The zero-order valence-electron chi connectivity index (χ0n) is 11.8. The molecule has 1 aromatic carbocycles. The van der Waals surface area contributed by atoms with E-state index in [0.29, 0.717) is 0 Å². The van der Waals surface area contributed by atoms with Gasteiger partial charge in [0, 0.05) is 32.7 Å². The van der Waals surface area contributed by atoms with Gasteiger partial charge >= 0.3 is 0 Å². The summed E-state index contributed by atoms with van der Waals surface area (Å²) in [6.45, 7) is 10.7. The van der Waals surface area contributed by atoms with E-state index in [-0.39, 0.29) is 0 Å². The summed E-state index contributed by atoms with van der Waals surface area (Å²) in [4.78, 5) is 4.86. The summed E-state index contributed by atoms with van der Waals surface area (Å²) < 4.78 is 5.94. The molecule has 3 heteroatoms. The second-order valence-corrected chi connectivity index (χ2v) is 5.21. The zero-order chi connectivity index (χ0) is 13.0. The lowest BCUT2D eigenvalue weighted by molar-refractivity contribution is 0.133. The monoisotopic (exact) mass is 248 g/mol. The maximum Gasteiger partial charge on any atom is 0.125 e. The van der Waals surface area contributed by atoms with E-state index in [1.165, 1.54) is 24.2 Å². The molecule has 1 heterocycles. The molecule has 0 atom stereocenters. The van der Waals surface area contributed by atoms with Gasteiger partial charge in [0.2, 0.25) is 0 Å². The third-order valence-electron chi connectivity index (χ3n) is 3.66. The number of aryl methyl sites for hydroxylation is 2. The third-order valence-corrected chi connectivity index (χ3v) is 3.66. The molecule has 0 bridgehead atoms. The van der Waals surface area contributed by atoms with E-state index in [4.69, 9.17) is 4.74 Å². The first-order valence-corrected chi connectivity index (χ1v) is 6.77. The molecule has 1 saturated heterocycles. The van der Waals surface area contributed by atoms with Gasteiger partial charge in [-0.1, -0.05) is 18.2 Å². The molecule has 0 amide bonds. The van der Waals surface area contributed by atoms with Crippen molar-refractivity contribution >= 4 is 0 Å². The maximum atomic E-state index is 5.94. The van der Waals surface area contributed by atoms with Crippen LogP contribution in [0.3, 0.4) is 0 Å². The van der Waals surface area contributed by atoms with Crippen molar-refractivity contribution in [3.63, 3.8) is 0 Å². The van der Waals surface area contributed by atoms with Gasteiger partial charge in [-0.2, -0.15) is 0 Å². The van der Waals surface area contributed by atoms with E-state index in [2.05, 4.69) is 48.9 Å². The van der Waals surface area contributed by atoms with Crippen molar-refractivity contribution in [3.8, 4) is 5.75 Å². The SMILES string of the molecule is Cc1cccc(C)c1OCCN1CCN(C)CC1. The summed E-state index contributed by atoms with van der Waals surface area (Å²) in [6, 6.07) is 6.30. The Labute approximate surface area is 110 Å². The molecule has 0 unspecified atom stereocenters. The second kappa shape index (κ2) is 6.21. The molecule has 3 nitrogen and oxygen atoms in total. The van der Waals surface area contributed by atoms with E-state index < -0.39 is 0 Å². The Kier molecular flexibility index (Phi) is 4.61. The van der Waals surface area contributed by atoms with Crippen molar-refractivity contribution < 1.29 is 4.74 Å². The number of benzene rings is 1. The van der Waals surface area contributed by atoms with E-state index in [1.807, 2.05) is 0 Å². The minimum atomic E-state index is 0.787. The molecule has 1 aromatic rings. The average Bonchev–Trinajstić information content (AvgIpc) is 2.35. The van der Waals surface area contributed by atoms with Gasteiger partial charge in [0.25, 0.3) is 0 Å². The predicted molar refractivity (Wildman–Crippen MR) is 75.3 cm³/mol. The number of hydrogen-bond acceptors (Lipinski definition) is 3. The summed E-state index contributed by atoms with van der Waals surface area (Å²) in [5, 5.41) is 0. The lowest BCUT2D eigenvalue weighted by Crippen LogP contribution is -2.45. The van der Waals surface area contributed by atoms with Gasteiger partial charge in [0.15, 0.2) is 0 Å². The maximum absolute atomic E-state index is 5.94. The Balaban J connectivity index is 1.78. The quantitative estimate of drug-likeness (QED) is 0.810. The molecule has 0 spiro atoms. The molecule has 2 rings (SSSR count). The zero-order valence-corrected chi connectivity index (χ0v) is 11.8. The van der Waals surface area contributed by atoms with Crippen LogP contribution in [0.25, 0.3) is 0 Å². The molecule has 1 aliphatic heterocycles. The van der Waals surface area contributed by atoms with Crippen molar-refractivity contribution in [1.29, 1.82) is 0 Å². The van der Waals surface area contributed by atoms with Gasteiger partial charge in [-0.25, -0.2) is 0 Å². The number of piperazine rings is 1. The van der Waals surface area contributed by atoms with Gasteiger partial charge < -0.3 is 9.64 Å². The lowest BCUT2D eigenvalue weighted by atomic mass is 10.1. The van der Waals surface area contributed by atoms with Crippen molar-refractivity contribution in [3.05, 3.63) is 29.3 Å². The number of likely N-dealkylation sites (N-methyl/N-ethyl adjacent to an activating group) is 1. The van der Waals surface area contributed by atoms with E-state index >= 15 is 0 Å². The molecular weight excluding hydrogens is 224 g/mol. The Morgan fingerprint density at radius 1 is 1.06 bits per heavy atom. The van der Waals surface area contributed by atoms with Crippen LogP contribution in [-0.4, -0.2) is 56.2 Å². The highest BCUT2D eigenvalue weighted by Gasteiger charge is 2.13. The Hall–Kier alpha value is -1.06. The number of ether oxygens (including phenoxy) is 1. The molecule has 0 N–H and O–H groups in total. The van der Waals surface area contributed by atoms with Crippen LogP contribution in [0.1, 0.15) is 11.1 Å². The van der Waals surface area contributed by atoms with Gasteiger partial charge in [0.05, 0.1) is 0 Å². The smallest absolute Gasteiger partial charge is 0.125 e. The fourth-order valence-corrected chi connectivity index (χ4v) is 2.38. The molecule has 18 heavy (non-hydrogen) atoms. The Morgan fingerprint density at radius 2 is 1.67 bits per heavy atom. The molecule has 1 aliphatic rings. The molecular formula is C15H24N2O. The minimum absolute atomic E-state index is 0.787. The molecule has 100 valence electrons. The van der Waals surface area contributed by atoms with E-state index in [1.54, 1.807) is 0 Å². The van der Waals surface area contributed by atoms with E-state index in [0.717, 1.165) is 32.0 Å². The highest BCUT2D eigenvalue weighted by molar-refractivity contribution is 5.39. The first kappa shape index (κ1) is 13.4. The van der Waals surface area contributed by atoms with Gasteiger partial charge in [0.1, 0.15) is 12.4 Å². The van der Waals surface area contributed by atoms with Crippen LogP contribution in [-0.2, 0) is 0 Å². The van der Waals surface area contributed by atoms with Crippen LogP contribution in [0.15, 0.2) is 18.2 Å². The molecule has 0 saturated carbocycles. The summed E-state index contributed by atoms with van der Waals surface area (Å²) >= 11 is 0. The lowest BCUT2D eigenvalue weighted by Gasteiger charge is -2.32. The Morgan fingerprint density at radius 3 is 2.28 bits per heavy atom. The molecule has 1 fully saturated rings. The number of para-hydroxylation sites is 1. The summed E-state index contributed by atoms with van der Waals surface area (Å²) in [5.41, 5.74) is 2.46. The van der Waals surface area contributed by atoms with Crippen LogP contribution >= 0.6 is 0 Å². The van der Waals surface area contributed by atoms with Crippen molar-refractivity contribution in [1.82, 2.24) is 9.80 Å². The second-order valence-electron chi connectivity index (χ2n) is 5.21. The predicted octanol–water partition coefficient (Wildman–Crippen LogP) is 1.93. The Bertz CT molecular complexity index is 364. The fraction of sp³-hybridized carbons (Fsp3) is 0.600. The first-order chi connectivity index (χ1) is 8.66. The number of hydrogen-bond donors (Lipinski definition) is 0. The van der Waals surface area contributed by atoms with Crippen LogP contribution in [0.4, 0.5) is 0 Å². The summed E-state index contributed by atoms with van der Waals surface area (Å²) in [6.07, 6.45) is 0. The van der Waals surface area contributed by atoms with Crippen LogP contribution in [0.2, 0.25) is 0 Å². The molecule has 0 radical (unpaired) electrons. The van der Waals surface area contributed by atoms with Gasteiger partial charge in [-0.3, -0.25) is 4.90 Å². The summed E-state index contributed by atoms with van der Waals surface area (Å²) in [5.74, 6) is 1.06. The van der Waals surface area contributed by atoms with Crippen molar-refractivity contribution in [2.75, 3.05) is 46.4 Å². The molecule has 0 aromatic heterocycles. The van der Waals surface area contributed by atoms with Crippen molar-refractivity contribution in [2.24, 2.45) is 0 Å². The van der Waals surface area contributed by atoms with Gasteiger partial charge in [-0.15, -0.1) is 0 Å². The highest BCUT2D eigenvalue weighted by atomic mass is 16.5. The van der Waals surface area contributed by atoms with E-state index in [9.17, 15) is 0 Å². The number of rotatable bonds is 4. The van der Waals surface area contributed by atoms with Gasteiger partial charge in [-0.05, 0) is 32.0 Å². The third kappa shape index (κ3) is 3.47. The summed E-state index contributed by atoms with van der Waals surface area (Å²) in [7, 11) is 2.19. The highest BCUT2D eigenvalue weighted by Crippen LogP contribution is 2.22. The van der Waals surface area contributed by atoms with Crippen molar-refractivity contribution in [2.45, 2.75) is 13.8 Å². The average molecular weight is 248 g/mol. The fourth-order valence-electron chi connectivity index (χ4n) is 2.38. The van der Waals surface area contributed by atoms with Crippen LogP contribution < -0.4 is 4.74 Å². The van der Waals surface area contributed by atoms with Crippen LogP contribution in [0, 0.1) is 13.8 Å². The first-order valence-electron chi connectivity index (χ1n) is 6.77. The minimum Gasteiger partial charge on any atom is -0.492 e. The van der Waals surface area contributed by atoms with Crippen LogP contribution in [0.5, 0.6) is 5.75 Å².